The van der Waals surface area contributed by atoms with Gasteiger partial charge in [0.05, 0.1) is 30.0 Å². The fourth-order valence-electron chi connectivity index (χ4n) is 4.49. The summed E-state index contributed by atoms with van der Waals surface area (Å²) in [6.45, 7) is 3.98. The summed E-state index contributed by atoms with van der Waals surface area (Å²) in [7, 11) is 0. The average molecular weight is 492 g/mol. The van der Waals surface area contributed by atoms with Crippen LogP contribution in [0.1, 0.15) is 48.3 Å². The Bertz CT molecular complexity index is 1350. The molecule has 0 spiro atoms. The highest BCUT2D eigenvalue weighted by molar-refractivity contribution is 6.30. The van der Waals surface area contributed by atoms with E-state index in [1.54, 1.807) is 43.8 Å². The molecule has 180 valence electrons. The van der Waals surface area contributed by atoms with Crippen LogP contribution in [0.2, 0.25) is 5.02 Å². The van der Waals surface area contributed by atoms with Crippen molar-refractivity contribution in [1.29, 1.82) is 0 Å². The van der Waals surface area contributed by atoms with E-state index in [0.29, 0.717) is 28.2 Å². The molecular formula is C26H26ClN5O3. The largest absolute Gasteiger partial charge is 0.481 e. The highest BCUT2D eigenvalue weighted by atomic mass is 35.5. The molecule has 0 aliphatic heterocycles. The van der Waals surface area contributed by atoms with E-state index in [-0.39, 0.29) is 6.61 Å². The molecule has 0 amide bonds. The van der Waals surface area contributed by atoms with Gasteiger partial charge >= 0.3 is 5.97 Å². The first-order valence-electron chi connectivity index (χ1n) is 11.6. The van der Waals surface area contributed by atoms with Crippen LogP contribution in [0.3, 0.4) is 0 Å². The third-order valence-electron chi connectivity index (χ3n) is 6.57. The van der Waals surface area contributed by atoms with Crippen LogP contribution < -0.4 is 4.74 Å². The quantitative estimate of drug-likeness (QED) is 0.350. The minimum atomic E-state index is -0.883. The van der Waals surface area contributed by atoms with Gasteiger partial charge in [0, 0.05) is 28.7 Å². The van der Waals surface area contributed by atoms with Crippen LogP contribution in [0, 0.1) is 18.8 Å². The van der Waals surface area contributed by atoms with Crippen LogP contribution in [0.15, 0.2) is 49.1 Å². The van der Waals surface area contributed by atoms with Crippen molar-refractivity contribution in [3.63, 3.8) is 0 Å². The molecule has 4 aromatic rings. The average Bonchev–Trinajstić information content (AvgIpc) is 3.65. The van der Waals surface area contributed by atoms with Gasteiger partial charge in [-0.1, -0.05) is 23.7 Å². The predicted octanol–water partition coefficient (Wildman–Crippen LogP) is 5.02. The van der Waals surface area contributed by atoms with Crippen LogP contribution >= 0.6 is 11.6 Å². The van der Waals surface area contributed by atoms with Crippen molar-refractivity contribution in [2.45, 2.75) is 45.8 Å². The monoisotopic (exact) mass is 491 g/mol. The van der Waals surface area contributed by atoms with Gasteiger partial charge in [0.1, 0.15) is 12.1 Å². The fraction of sp³-hybridized carbons (Fsp3) is 0.346. The van der Waals surface area contributed by atoms with Crippen LogP contribution in [0.25, 0.3) is 11.2 Å². The molecule has 2 unspecified atom stereocenters. The number of halogens is 1. The van der Waals surface area contributed by atoms with Gasteiger partial charge in [0.2, 0.25) is 5.88 Å². The van der Waals surface area contributed by atoms with Gasteiger partial charge in [0.15, 0.2) is 5.65 Å². The van der Waals surface area contributed by atoms with Crippen LogP contribution in [-0.4, -0.2) is 35.6 Å². The first-order valence-corrected chi connectivity index (χ1v) is 12.0. The second-order valence-electron chi connectivity index (χ2n) is 9.07. The molecule has 35 heavy (non-hydrogen) atoms. The zero-order chi connectivity index (χ0) is 24.5. The molecule has 5 rings (SSSR count). The Kier molecular flexibility index (Phi) is 6.38. The minimum absolute atomic E-state index is 0.231. The van der Waals surface area contributed by atoms with Gasteiger partial charge in [-0.2, -0.15) is 0 Å². The number of carboxylic acids is 1. The molecular weight excluding hydrogens is 466 g/mol. The van der Waals surface area contributed by atoms with E-state index in [1.807, 2.05) is 23.6 Å². The molecule has 0 radical (unpaired) electrons. The smallest absolute Gasteiger partial charge is 0.308 e. The number of fused-ring (bicyclic) bond motifs is 1. The summed E-state index contributed by atoms with van der Waals surface area (Å²) in [6, 6.07) is 6.86. The number of carboxylic acid groups (broad SMARTS) is 1. The molecule has 2 atom stereocenters. The molecule has 0 saturated heterocycles. The van der Waals surface area contributed by atoms with Gasteiger partial charge in [-0.05, 0) is 56.7 Å². The summed E-state index contributed by atoms with van der Waals surface area (Å²) >= 11 is 6.12. The lowest BCUT2D eigenvalue weighted by Gasteiger charge is -2.26. The third-order valence-corrected chi connectivity index (χ3v) is 6.82. The van der Waals surface area contributed by atoms with Gasteiger partial charge in [-0.15, -0.1) is 0 Å². The van der Waals surface area contributed by atoms with Crippen molar-refractivity contribution in [3.05, 3.63) is 76.6 Å². The summed E-state index contributed by atoms with van der Waals surface area (Å²) in [5.74, 6) is -0.572. The summed E-state index contributed by atoms with van der Waals surface area (Å²) in [5.41, 5.74) is 5.02. The molecule has 1 fully saturated rings. The summed E-state index contributed by atoms with van der Waals surface area (Å²) in [6.07, 6.45) is 9.72. The SMILES string of the molecule is Cc1c(CC2CC2)c2nc(OCc3cnccn3)cnc2n1C(c1ccc(Cl)cc1)C(C)C(=O)O. The molecule has 8 nitrogen and oxygen atoms in total. The second-order valence-corrected chi connectivity index (χ2v) is 9.51. The zero-order valence-electron chi connectivity index (χ0n) is 19.6. The first kappa shape index (κ1) is 23.2. The Balaban J connectivity index is 1.61. The van der Waals surface area contributed by atoms with E-state index in [2.05, 4.69) is 9.97 Å². The maximum Gasteiger partial charge on any atom is 0.308 e. The molecule has 9 heteroatoms. The summed E-state index contributed by atoms with van der Waals surface area (Å²) in [5, 5.41) is 10.6. The van der Waals surface area contributed by atoms with Gasteiger partial charge in [-0.3, -0.25) is 14.8 Å². The molecule has 3 heterocycles. The molecule has 1 aliphatic rings. The van der Waals surface area contributed by atoms with E-state index in [9.17, 15) is 9.90 Å². The van der Waals surface area contributed by atoms with E-state index in [0.717, 1.165) is 28.8 Å². The second kappa shape index (κ2) is 9.62. The molecule has 3 aromatic heterocycles. The van der Waals surface area contributed by atoms with E-state index in [4.69, 9.17) is 26.3 Å². The minimum Gasteiger partial charge on any atom is -0.481 e. The van der Waals surface area contributed by atoms with Crippen molar-refractivity contribution in [2.24, 2.45) is 11.8 Å². The molecule has 1 aliphatic carbocycles. The number of aliphatic carboxylic acids is 1. The topological polar surface area (TPSA) is 103 Å². The Labute approximate surface area is 208 Å². The van der Waals surface area contributed by atoms with Crippen LogP contribution in [-0.2, 0) is 17.8 Å². The maximum atomic E-state index is 12.2. The number of carbonyl (C=O) groups is 1. The van der Waals surface area contributed by atoms with E-state index < -0.39 is 17.9 Å². The Morgan fingerprint density at radius 3 is 2.63 bits per heavy atom. The highest BCUT2D eigenvalue weighted by Crippen LogP contribution is 2.40. The lowest BCUT2D eigenvalue weighted by Crippen LogP contribution is -2.26. The lowest BCUT2D eigenvalue weighted by molar-refractivity contribution is -0.142. The van der Waals surface area contributed by atoms with Crippen molar-refractivity contribution in [1.82, 2.24) is 24.5 Å². The number of hydrogen-bond donors (Lipinski definition) is 1. The number of ether oxygens (including phenoxy) is 1. The van der Waals surface area contributed by atoms with Crippen molar-refractivity contribution < 1.29 is 14.6 Å². The summed E-state index contributed by atoms with van der Waals surface area (Å²) in [4.78, 5) is 30.0. The van der Waals surface area contributed by atoms with Crippen LogP contribution in [0.4, 0.5) is 0 Å². The van der Waals surface area contributed by atoms with Crippen molar-refractivity contribution >= 4 is 28.7 Å². The number of hydrogen-bond acceptors (Lipinski definition) is 6. The predicted molar refractivity (Wildman–Crippen MR) is 131 cm³/mol. The Hall–Kier alpha value is -3.52. The summed E-state index contributed by atoms with van der Waals surface area (Å²) < 4.78 is 7.90. The normalized spacial score (nSPS) is 15.2. The molecule has 1 saturated carbocycles. The molecule has 1 N–H and O–H groups in total. The lowest BCUT2D eigenvalue weighted by atomic mass is 9.94. The number of nitrogens with zero attached hydrogens (tertiary/aromatic N) is 5. The van der Waals surface area contributed by atoms with Crippen molar-refractivity contribution in [2.75, 3.05) is 0 Å². The molecule has 0 bridgehead atoms. The highest BCUT2D eigenvalue weighted by Gasteiger charge is 2.33. The fourth-order valence-corrected chi connectivity index (χ4v) is 4.62. The van der Waals surface area contributed by atoms with Crippen LogP contribution in [0.5, 0.6) is 5.88 Å². The first-order chi connectivity index (χ1) is 16.9. The van der Waals surface area contributed by atoms with E-state index in [1.165, 1.54) is 12.8 Å². The van der Waals surface area contributed by atoms with Gasteiger partial charge < -0.3 is 14.4 Å². The molecule has 1 aromatic carbocycles. The van der Waals surface area contributed by atoms with Crippen molar-refractivity contribution in [3.8, 4) is 5.88 Å². The number of rotatable bonds is 9. The van der Waals surface area contributed by atoms with E-state index >= 15 is 0 Å². The standard InChI is InChI=1S/C26H26ClN5O3/c1-15(26(33)34)24(18-5-7-19(27)8-6-18)32-16(2)21(11-17-3-4-17)23-25(32)30-13-22(31-23)35-14-20-12-28-9-10-29-20/h5-10,12-13,15,17,24H,3-4,11,14H2,1-2H3,(H,33,34). The van der Waals surface area contributed by atoms with Gasteiger partial charge in [-0.25, -0.2) is 9.97 Å². The number of aromatic nitrogens is 5. The number of benzene rings is 1. The Morgan fingerprint density at radius 1 is 1.20 bits per heavy atom. The zero-order valence-corrected chi connectivity index (χ0v) is 20.3. The maximum absolute atomic E-state index is 12.2. The third kappa shape index (κ3) is 4.84. The Morgan fingerprint density at radius 2 is 1.97 bits per heavy atom. The van der Waals surface area contributed by atoms with Gasteiger partial charge in [0.25, 0.3) is 0 Å².